The van der Waals surface area contributed by atoms with Crippen LogP contribution < -0.4 is 10.2 Å². The quantitative estimate of drug-likeness (QED) is 0.155. The summed E-state index contributed by atoms with van der Waals surface area (Å²) in [6.45, 7) is 1.71. The summed E-state index contributed by atoms with van der Waals surface area (Å²) in [5, 5.41) is 24.2. The first-order chi connectivity index (χ1) is 17.5. The maximum Gasteiger partial charge on any atom is 0.269 e. The molecule has 0 unspecified atom stereocenters. The van der Waals surface area contributed by atoms with Crippen LogP contribution in [0.5, 0.6) is 5.75 Å². The zero-order valence-electron chi connectivity index (χ0n) is 19.5. The minimum absolute atomic E-state index is 0.0106. The fraction of sp³-hybridized carbons (Fsp3) is 0.120. The number of ether oxygens (including phenoxy) is 1. The summed E-state index contributed by atoms with van der Waals surface area (Å²) in [6.07, 6.45) is 0. The molecule has 0 spiro atoms. The number of amides is 1. The average molecular weight is 503 g/mol. The number of hydrogen-bond acceptors (Lipinski definition) is 8. The van der Waals surface area contributed by atoms with Gasteiger partial charge in [-0.3, -0.25) is 19.5 Å². The van der Waals surface area contributed by atoms with Crippen molar-refractivity contribution in [2.75, 3.05) is 12.9 Å². The van der Waals surface area contributed by atoms with Crippen molar-refractivity contribution >= 4 is 29.1 Å². The predicted octanol–water partition coefficient (Wildman–Crippen LogP) is 4.48. The van der Waals surface area contributed by atoms with Gasteiger partial charge in [0.25, 0.3) is 11.6 Å². The normalized spacial score (nSPS) is 11.2. The molecule has 0 atom stereocenters. The molecular weight excluding hydrogens is 480 g/mol. The lowest BCUT2D eigenvalue weighted by atomic mass is 10.1. The smallest absolute Gasteiger partial charge is 0.269 e. The van der Waals surface area contributed by atoms with Crippen molar-refractivity contribution in [3.63, 3.8) is 0 Å². The van der Waals surface area contributed by atoms with Gasteiger partial charge >= 0.3 is 0 Å². The first-order valence-electron chi connectivity index (χ1n) is 10.8. The van der Waals surface area contributed by atoms with E-state index in [1.165, 1.54) is 23.9 Å². The monoisotopic (exact) mass is 502 g/mol. The second-order valence-corrected chi connectivity index (χ2v) is 8.47. The first-order valence-corrected chi connectivity index (χ1v) is 11.8. The molecule has 0 saturated heterocycles. The van der Waals surface area contributed by atoms with Crippen LogP contribution in [-0.4, -0.2) is 44.2 Å². The zero-order chi connectivity index (χ0) is 25.5. The Morgan fingerprint density at radius 2 is 1.75 bits per heavy atom. The van der Waals surface area contributed by atoms with E-state index in [-0.39, 0.29) is 17.3 Å². The van der Waals surface area contributed by atoms with Gasteiger partial charge in [0.15, 0.2) is 11.0 Å². The molecule has 0 saturated carbocycles. The average Bonchev–Trinajstić information content (AvgIpc) is 3.35. The number of aromatic nitrogens is 3. The van der Waals surface area contributed by atoms with Crippen molar-refractivity contribution in [1.29, 1.82) is 0 Å². The summed E-state index contributed by atoms with van der Waals surface area (Å²) in [7, 11) is 1.61. The van der Waals surface area contributed by atoms with Crippen LogP contribution in [0.15, 0.2) is 89.1 Å². The predicted molar refractivity (Wildman–Crippen MR) is 138 cm³/mol. The summed E-state index contributed by atoms with van der Waals surface area (Å²) in [6, 6.07) is 23.1. The highest BCUT2D eigenvalue weighted by Crippen LogP contribution is 2.29. The van der Waals surface area contributed by atoms with E-state index in [0.29, 0.717) is 22.3 Å². The summed E-state index contributed by atoms with van der Waals surface area (Å²) >= 11 is 1.23. The van der Waals surface area contributed by atoms with E-state index in [1.807, 2.05) is 59.2 Å². The molecule has 1 aromatic heterocycles. The second kappa shape index (κ2) is 11.3. The molecule has 1 N–H and O–H groups in total. The van der Waals surface area contributed by atoms with Crippen LogP contribution >= 0.6 is 11.8 Å². The molecule has 4 aromatic rings. The van der Waals surface area contributed by atoms with Crippen LogP contribution in [0.25, 0.3) is 17.1 Å². The number of methoxy groups -OCH3 is 1. The van der Waals surface area contributed by atoms with Gasteiger partial charge in [0.1, 0.15) is 5.75 Å². The van der Waals surface area contributed by atoms with Crippen molar-refractivity contribution < 1.29 is 14.5 Å². The van der Waals surface area contributed by atoms with E-state index < -0.39 is 4.92 Å². The van der Waals surface area contributed by atoms with Crippen LogP contribution in [0.3, 0.4) is 0 Å². The van der Waals surface area contributed by atoms with Crippen LogP contribution in [0.1, 0.15) is 12.5 Å². The number of non-ortho nitro benzene ring substituents is 1. The zero-order valence-corrected chi connectivity index (χ0v) is 20.3. The number of hydrogen-bond donors (Lipinski definition) is 1. The number of para-hydroxylation sites is 1. The molecule has 1 heterocycles. The number of carbonyl (C=O) groups is 1. The number of nitrogens with one attached hydrogen (secondary N) is 1. The Hall–Kier alpha value is -4.51. The molecular formula is C25H22N6O4S. The Morgan fingerprint density at radius 3 is 2.39 bits per heavy atom. The highest BCUT2D eigenvalue weighted by Gasteiger charge is 2.17. The molecule has 11 heteroatoms. The third-order valence-corrected chi connectivity index (χ3v) is 6.10. The van der Waals surface area contributed by atoms with Gasteiger partial charge in [0.2, 0.25) is 0 Å². The Balaban J connectivity index is 1.48. The summed E-state index contributed by atoms with van der Waals surface area (Å²) < 4.78 is 7.14. The fourth-order valence-electron chi connectivity index (χ4n) is 3.30. The van der Waals surface area contributed by atoms with Gasteiger partial charge in [-0.15, -0.1) is 10.2 Å². The topological polar surface area (TPSA) is 125 Å². The van der Waals surface area contributed by atoms with Gasteiger partial charge in [-0.1, -0.05) is 30.0 Å². The maximum absolute atomic E-state index is 12.5. The van der Waals surface area contributed by atoms with Crippen molar-refractivity contribution in [1.82, 2.24) is 20.2 Å². The molecule has 182 valence electrons. The minimum Gasteiger partial charge on any atom is -0.497 e. The standard InChI is InChI=1S/C25H22N6O4S/c1-17(18-8-12-21(13-9-18)31(33)34)26-27-23(32)16-36-25-29-28-24(19-10-14-22(35-2)15-11-19)30(25)20-6-4-3-5-7-20/h3-15H,16H2,1-2H3,(H,27,32). The minimum atomic E-state index is -0.469. The SMILES string of the molecule is COc1ccc(-c2nnc(SCC(=O)NN=C(C)c3ccc([N+](=O)[O-])cc3)n2-c2ccccc2)cc1. The molecule has 10 nitrogen and oxygen atoms in total. The van der Waals surface area contributed by atoms with Gasteiger partial charge in [-0.05, 0) is 61.0 Å². The second-order valence-electron chi connectivity index (χ2n) is 7.53. The molecule has 0 aliphatic rings. The van der Waals surface area contributed by atoms with E-state index in [4.69, 9.17) is 4.74 Å². The molecule has 1 amide bonds. The van der Waals surface area contributed by atoms with Gasteiger partial charge in [0, 0.05) is 23.4 Å². The number of nitrogens with zero attached hydrogens (tertiary/aromatic N) is 5. The van der Waals surface area contributed by atoms with Crippen LogP contribution in [0.2, 0.25) is 0 Å². The van der Waals surface area contributed by atoms with Gasteiger partial charge in [-0.2, -0.15) is 5.10 Å². The summed E-state index contributed by atoms with van der Waals surface area (Å²) in [5.41, 5.74) is 5.42. The molecule has 0 bridgehead atoms. The Bertz CT molecular complexity index is 1390. The van der Waals surface area contributed by atoms with Gasteiger partial charge in [0.05, 0.1) is 23.5 Å². The van der Waals surface area contributed by atoms with Crippen LogP contribution in [-0.2, 0) is 4.79 Å². The van der Waals surface area contributed by atoms with E-state index in [0.717, 1.165) is 17.0 Å². The van der Waals surface area contributed by atoms with Crippen molar-refractivity contribution in [3.05, 3.63) is 94.5 Å². The van der Waals surface area contributed by atoms with E-state index in [9.17, 15) is 14.9 Å². The van der Waals surface area contributed by atoms with Crippen LogP contribution in [0.4, 0.5) is 5.69 Å². The molecule has 0 aliphatic carbocycles. The lowest BCUT2D eigenvalue weighted by Gasteiger charge is -2.10. The summed E-state index contributed by atoms with van der Waals surface area (Å²) in [4.78, 5) is 22.8. The third-order valence-electron chi connectivity index (χ3n) is 5.17. The molecule has 3 aromatic carbocycles. The summed E-state index contributed by atoms with van der Waals surface area (Å²) in [5.74, 6) is 1.11. The van der Waals surface area contributed by atoms with Crippen LogP contribution in [0, 0.1) is 10.1 Å². The van der Waals surface area contributed by atoms with Gasteiger partial charge < -0.3 is 4.74 Å². The van der Waals surface area contributed by atoms with Gasteiger partial charge in [-0.25, -0.2) is 5.43 Å². The van der Waals surface area contributed by atoms with E-state index in [2.05, 4.69) is 20.7 Å². The maximum atomic E-state index is 12.5. The number of hydrazone groups is 1. The lowest BCUT2D eigenvalue weighted by molar-refractivity contribution is -0.384. The Morgan fingerprint density at radius 1 is 1.06 bits per heavy atom. The van der Waals surface area contributed by atoms with E-state index in [1.54, 1.807) is 26.2 Å². The number of carbonyl (C=O) groups excluding carboxylic acids is 1. The largest absolute Gasteiger partial charge is 0.497 e. The molecule has 0 radical (unpaired) electrons. The number of thioether (sulfide) groups is 1. The number of rotatable bonds is 9. The number of nitro benzene ring substituents is 1. The first kappa shape index (κ1) is 24.6. The highest BCUT2D eigenvalue weighted by molar-refractivity contribution is 7.99. The number of benzene rings is 3. The number of nitro groups is 1. The van der Waals surface area contributed by atoms with Crippen molar-refractivity contribution in [2.24, 2.45) is 5.10 Å². The van der Waals surface area contributed by atoms with Crippen molar-refractivity contribution in [3.8, 4) is 22.8 Å². The fourth-order valence-corrected chi connectivity index (χ4v) is 4.04. The Labute approximate surface area is 211 Å². The molecule has 0 aliphatic heterocycles. The molecule has 4 rings (SSSR count). The molecule has 36 heavy (non-hydrogen) atoms. The van der Waals surface area contributed by atoms with Crippen molar-refractivity contribution in [2.45, 2.75) is 12.1 Å². The Kier molecular flexibility index (Phi) is 7.71. The lowest BCUT2D eigenvalue weighted by Crippen LogP contribution is -2.21. The third kappa shape index (κ3) is 5.76. The molecule has 0 fully saturated rings. The highest BCUT2D eigenvalue weighted by atomic mass is 32.2. The van der Waals surface area contributed by atoms with E-state index >= 15 is 0 Å².